The van der Waals surface area contributed by atoms with Crippen molar-refractivity contribution in [1.29, 1.82) is 0 Å². The van der Waals surface area contributed by atoms with E-state index in [-0.39, 0.29) is 29.1 Å². The van der Waals surface area contributed by atoms with Gasteiger partial charge in [-0.15, -0.1) is 0 Å². The van der Waals surface area contributed by atoms with Crippen molar-refractivity contribution in [2.24, 2.45) is 0 Å². The number of nitrogens with one attached hydrogen (secondary N) is 1. The number of amides is 2. The van der Waals surface area contributed by atoms with Crippen LogP contribution in [-0.4, -0.2) is 57.0 Å². The second-order valence-electron chi connectivity index (χ2n) is 9.79. The van der Waals surface area contributed by atoms with Gasteiger partial charge < -0.3 is 19.7 Å². The van der Waals surface area contributed by atoms with E-state index in [0.29, 0.717) is 29.7 Å². The Kier molecular flexibility index (Phi) is 9.77. The number of hydrogen-bond acceptors (Lipinski definition) is 6. The molecule has 1 aliphatic heterocycles. The van der Waals surface area contributed by atoms with Crippen LogP contribution in [-0.2, 0) is 26.2 Å². The molecule has 3 aromatic carbocycles. The Morgan fingerprint density at radius 1 is 0.951 bits per heavy atom. The maximum atomic E-state index is 14.0. The van der Waals surface area contributed by atoms with E-state index in [9.17, 15) is 18.0 Å². The van der Waals surface area contributed by atoms with Crippen molar-refractivity contribution in [3.63, 3.8) is 0 Å². The first-order chi connectivity index (χ1) is 19.6. The predicted octanol–water partition coefficient (Wildman–Crippen LogP) is 4.64. The first kappa shape index (κ1) is 30.2. The lowest BCUT2D eigenvalue weighted by atomic mass is 10.1. The zero-order chi connectivity index (χ0) is 29.6. The molecule has 0 spiro atoms. The number of halogens is 1. The molecule has 218 valence electrons. The number of benzene rings is 3. The Labute approximate surface area is 246 Å². The topological polar surface area (TPSA) is 105 Å². The summed E-state index contributed by atoms with van der Waals surface area (Å²) in [4.78, 5) is 28.6. The largest absolute Gasteiger partial charge is 0.486 e. The van der Waals surface area contributed by atoms with Gasteiger partial charge in [-0.1, -0.05) is 48.9 Å². The molecular formula is C30H34ClN3O6S. The van der Waals surface area contributed by atoms with Gasteiger partial charge in [0.1, 0.15) is 25.8 Å². The highest BCUT2D eigenvalue weighted by Gasteiger charge is 2.33. The standard InChI is InChI=1S/C30H34ClN3O6S/c1-4-21(2)32-30(36)22(3)33(19-23-10-12-24(31)13-11-23)29(35)20-34(41(37,38)26-8-6-5-7-9-26)25-14-15-27-28(18-25)40-17-16-39-27/h5-15,18,21-22H,4,16-17,19-20H2,1-3H3,(H,32,36)/t21-,22+/m0/s1. The van der Waals surface area contributed by atoms with Crippen molar-refractivity contribution in [3.05, 3.63) is 83.4 Å². The molecule has 0 saturated carbocycles. The van der Waals surface area contributed by atoms with Gasteiger partial charge in [0.25, 0.3) is 10.0 Å². The Bertz CT molecular complexity index is 1470. The van der Waals surface area contributed by atoms with Crippen LogP contribution in [0.4, 0.5) is 5.69 Å². The van der Waals surface area contributed by atoms with Crippen molar-refractivity contribution >= 4 is 39.1 Å². The lowest BCUT2D eigenvalue weighted by Gasteiger charge is -2.32. The first-order valence-corrected chi connectivity index (χ1v) is 15.2. The van der Waals surface area contributed by atoms with E-state index < -0.39 is 28.5 Å². The molecule has 0 unspecified atom stereocenters. The van der Waals surface area contributed by atoms with Crippen LogP contribution in [0.25, 0.3) is 0 Å². The number of carbonyl (C=O) groups excluding carboxylic acids is 2. The summed E-state index contributed by atoms with van der Waals surface area (Å²) in [6.45, 7) is 5.69. The minimum atomic E-state index is -4.19. The highest BCUT2D eigenvalue weighted by atomic mass is 35.5. The molecule has 2 amide bonds. The number of carbonyl (C=O) groups is 2. The monoisotopic (exact) mass is 599 g/mol. The molecule has 11 heteroatoms. The zero-order valence-electron chi connectivity index (χ0n) is 23.2. The van der Waals surface area contributed by atoms with Gasteiger partial charge in [0.15, 0.2) is 11.5 Å². The van der Waals surface area contributed by atoms with Crippen LogP contribution in [0, 0.1) is 0 Å². The molecule has 0 fully saturated rings. The molecule has 41 heavy (non-hydrogen) atoms. The number of sulfonamides is 1. The van der Waals surface area contributed by atoms with Gasteiger partial charge in [-0.25, -0.2) is 8.42 Å². The predicted molar refractivity (Wildman–Crippen MR) is 158 cm³/mol. The molecule has 1 heterocycles. The summed E-state index contributed by atoms with van der Waals surface area (Å²) in [6.07, 6.45) is 0.719. The van der Waals surface area contributed by atoms with Crippen LogP contribution < -0.4 is 19.1 Å². The van der Waals surface area contributed by atoms with E-state index in [1.807, 2.05) is 13.8 Å². The van der Waals surface area contributed by atoms with Crippen LogP contribution in [0.15, 0.2) is 77.7 Å². The van der Waals surface area contributed by atoms with Crippen LogP contribution in [0.1, 0.15) is 32.8 Å². The van der Waals surface area contributed by atoms with E-state index >= 15 is 0 Å². The van der Waals surface area contributed by atoms with Gasteiger partial charge in [0, 0.05) is 23.7 Å². The van der Waals surface area contributed by atoms with Gasteiger partial charge >= 0.3 is 0 Å². The summed E-state index contributed by atoms with van der Waals surface area (Å²) < 4.78 is 40.2. The summed E-state index contributed by atoms with van der Waals surface area (Å²) in [5, 5.41) is 3.45. The summed E-state index contributed by atoms with van der Waals surface area (Å²) in [5.41, 5.74) is 0.970. The molecule has 3 aromatic rings. The minimum absolute atomic E-state index is 0.0227. The molecule has 1 N–H and O–H groups in total. The number of ether oxygens (including phenoxy) is 2. The quantitative estimate of drug-likeness (QED) is 0.344. The lowest BCUT2D eigenvalue weighted by molar-refractivity contribution is -0.139. The lowest BCUT2D eigenvalue weighted by Crippen LogP contribution is -2.52. The third-order valence-corrected chi connectivity index (χ3v) is 8.90. The highest BCUT2D eigenvalue weighted by Crippen LogP contribution is 2.36. The van der Waals surface area contributed by atoms with E-state index in [2.05, 4.69) is 5.32 Å². The van der Waals surface area contributed by atoms with Crippen molar-refractivity contribution in [2.75, 3.05) is 24.1 Å². The molecule has 0 bridgehead atoms. The first-order valence-electron chi connectivity index (χ1n) is 13.4. The molecule has 1 aliphatic rings. The smallest absolute Gasteiger partial charge is 0.264 e. The van der Waals surface area contributed by atoms with Crippen molar-refractivity contribution in [2.45, 2.75) is 50.7 Å². The normalized spacial score (nSPS) is 14.0. The van der Waals surface area contributed by atoms with Crippen LogP contribution in [0.2, 0.25) is 5.02 Å². The number of rotatable bonds is 11. The molecule has 0 aliphatic carbocycles. The van der Waals surface area contributed by atoms with Crippen LogP contribution in [0.5, 0.6) is 11.5 Å². The SMILES string of the molecule is CC[C@H](C)NC(=O)[C@@H](C)N(Cc1ccc(Cl)cc1)C(=O)CN(c1ccc2c(c1)OCCO2)S(=O)(=O)c1ccccc1. The van der Waals surface area contributed by atoms with Crippen molar-refractivity contribution in [1.82, 2.24) is 10.2 Å². The van der Waals surface area contributed by atoms with E-state index in [1.54, 1.807) is 67.6 Å². The van der Waals surface area contributed by atoms with Gasteiger partial charge in [-0.05, 0) is 62.2 Å². The fourth-order valence-corrected chi connectivity index (χ4v) is 5.82. The van der Waals surface area contributed by atoms with Gasteiger partial charge in [0.2, 0.25) is 11.8 Å². The highest BCUT2D eigenvalue weighted by molar-refractivity contribution is 7.92. The molecule has 0 radical (unpaired) electrons. The summed E-state index contributed by atoms with van der Waals surface area (Å²) >= 11 is 6.06. The minimum Gasteiger partial charge on any atom is -0.486 e. The number of nitrogens with zero attached hydrogens (tertiary/aromatic N) is 2. The van der Waals surface area contributed by atoms with E-state index in [4.69, 9.17) is 21.1 Å². The summed E-state index contributed by atoms with van der Waals surface area (Å²) in [7, 11) is -4.19. The molecule has 9 nitrogen and oxygen atoms in total. The Hall–Kier alpha value is -3.76. The van der Waals surface area contributed by atoms with Gasteiger partial charge in [0.05, 0.1) is 10.6 Å². The average molecular weight is 600 g/mol. The number of fused-ring (bicyclic) bond motifs is 1. The molecule has 0 saturated heterocycles. The fourth-order valence-electron chi connectivity index (χ4n) is 4.27. The molecule has 4 rings (SSSR count). The Morgan fingerprint density at radius 3 is 2.27 bits per heavy atom. The maximum Gasteiger partial charge on any atom is 0.264 e. The number of hydrogen-bond donors (Lipinski definition) is 1. The van der Waals surface area contributed by atoms with Gasteiger partial charge in [-0.3, -0.25) is 13.9 Å². The Morgan fingerprint density at radius 2 is 1.61 bits per heavy atom. The maximum absolute atomic E-state index is 14.0. The third-order valence-electron chi connectivity index (χ3n) is 6.86. The average Bonchev–Trinajstić information content (AvgIpc) is 2.99. The second-order valence-corrected chi connectivity index (χ2v) is 12.1. The second kappa shape index (κ2) is 13.3. The molecular weight excluding hydrogens is 566 g/mol. The molecule has 2 atom stereocenters. The van der Waals surface area contributed by atoms with Crippen LogP contribution >= 0.6 is 11.6 Å². The fraction of sp³-hybridized carbons (Fsp3) is 0.333. The third kappa shape index (κ3) is 7.31. The summed E-state index contributed by atoms with van der Waals surface area (Å²) in [6, 6.07) is 18.6. The summed E-state index contributed by atoms with van der Waals surface area (Å²) in [5.74, 6) is -0.0172. The van der Waals surface area contributed by atoms with Gasteiger partial charge in [-0.2, -0.15) is 0 Å². The number of anilines is 1. The van der Waals surface area contributed by atoms with E-state index in [0.717, 1.165) is 16.3 Å². The van der Waals surface area contributed by atoms with Crippen LogP contribution in [0.3, 0.4) is 0 Å². The molecule has 0 aromatic heterocycles. The van der Waals surface area contributed by atoms with Crippen molar-refractivity contribution in [3.8, 4) is 11.5 Å². The van der Waals surface area contributed by atoms with Crippen molar-refractivity contribution < 1.29 is 27.5 Å². The zero-order valence-corrected chi connectivity index (χ0v) is 24.8. The Balaban J connectivity index is 1.72. The van der Waals surface area contributed by atoms with E-state index in [1.165, 1.54) is 17.0 Å².